The van der Waals surface area contributed by atoms with Gasteiger partial charge >= 0.3 is 5.69 Å². The van der Waals surface area contributed by atoms with E-state index in [0.717, 1.165) is 4.57 Å². The Hall–Kier alpha value is -1.77. The fraction of sp³-hybridized carbons (Fsp3) is 0.545. The number of nitrogens with zero attached hydrogens (tertiary/aromatic N) is 1. The normalized spacial score (nSPS) is 26.5. The lowest BCUT2D eigenvalue weighted by molar-refractivity contribution is -0.0459. The van der Waals surface area contributed by atoms with Crippen LogP contribution in [-0.4, -0.2) is 44.9 Å². The molecule has 2 rings (SSSR count). The number of hydrogen-bond acceptors (Lipinski definition) is 6. The SMILES string of the molecule is O=[C]Cc1cn([C@H]2C[C@H](O)[C@@H](CO)O2)c(=O)[nH]c1=O. The average molecular weight is 269 g/mol. The monoisotopic (exact) mass is 269 g/mol. The molecule has 8 heteroatoms. The van der Waals surface area contributed by atoms with Crippen LogP contribution in [0.5, 0.6) is 0 Å². The van der Waals surface area contributed by atoms with Gasteiger partial charge in [0.1, 0.15) is 12.3 Å². The molecule has 0 spiro atoms. The van der Waals surface area contributed by atoms with Gasteiger partial charge in [-0.2, -0.15) is 0 Å². The Kier molecular flexibility index (Phi) is 3.93. The molecule has 1 fully saturated rings. The van der Waals surface area contributed by atoms with Gasteiger partial charge in [-0.05, 0) is 0 Å². The van der Waals surface area contributed by atoms with Crippen molar-refractivity contribution in [3.05, 3.63) is 32.6 Å². The molecule has 0 unspecified atom stereocenters. The van der Waals surface area contributed by atoms with Crippen molar-refractivity contribution in [2.24, 2.45) is 0 Å². The lowest BCUT2D eigenvalue weighted by Crippen LogP contribution is -2.34. The summed E-state index contributed by atoms with van der Waals surface area (Å²) in [4.78, 5) is 35.5. The van der Waals surface area contributed by atoms with E-state index in [1.165, 1.54) is 6.20 Å². The van der Waals surface area contributed by atoms with Crippen molar-refractivity contribution in [1.82, 2.24) is 9.55 Å². The predicted octanol–water partition coefficient (Wildman–Crippen LogP) is -2.17. The van der Waals surface area contributed by atoms with Gasteiger partial charge in [0.25, 0.3) is 5.56 Å². The molecule has 0 aliphatic carbocycles. The Bertz CT molecular complexity index is 577. The summed E-state index contributed by atoms with van der Waals surface area (Å²) in [5.41, 5.74) is -1.27. The van der Waals surface area contributed by atoms with E-state index < -0.39 is 29.7 Å². The number of H-pyrrole nitrogens is 1. The van der Waals surface area contributed by atoms with E-state index in [4.69, 9.17) is 9.84 Å². The van der Waals surface area contributed by atoms with Gasteiger partial charge in [-0.1, -0.05) is 0 Å². The summed E-state index contributed by atoms with van der Waals surface area (Å²) >= 11 is 0. The van der Waals surface area contributed by atoms with E-state index in [0.29, 0.717) is 0 Å². The number of hydrogen-bond donors (Lipinski definition) is 3. The van der Waals surface area contributed by atoms with Crippen molar-refractivity contribution >= 4 is 6.29 Å². The highest BCUT2D eigenvalue weighted by Crippen LogP contribution is 2.27. The molecule has 1 aromatic rings. The van der Waals surface area contributed by atoms with Crippen LogP contribution in [0.4, 0.5) is 0 Å². The molecule has 1 aliphatic rings. The van der Waals surface area contributed by atoms with Gasteiger partial charge in [0.2, 0.25) is 6.29 Å². The van der Waals surface area contributed by atoms with Crippen LogP contribution in [0.15, 0.2) is 15.8 Å². The Labute approximate surface area is 107 Å². The molecule has 1 aromatic heterocycles. The Morgan fingerprint density at radius 1 is 1.53 bits per heavy atom. The van der Waals surface area contributed by atoms with Crippen molar-refractivity contribution in [2.45, 2.75) is 31.3 Å². The molecule has 2 heterocycles. The summed E-state index contributed by atoms with van der Waals surface area (Å²) < 4.78 is 6.40. The van der Waals surface area contributed by atoms with E-state index in [-0.39, 0.29) is 25.0 Å². The molecule has 1 radical (unpaired) electrons. The van der Waals surface area contributed by atoms with E-state index in [1.807, 2.05) is 0 Å². The van der Waals surface area contributed by atoms with Crippen LogP contribution >= 0.6 is 0 Å². The van der Waals surface area contributed by atoms with Gasteiger partial charge in [-0.15, -0.1) is 0 Å². The molecule has 3 N–H and O–H groups in total. The molecule has 103 valence electrons. The fourth-order valence-electron chi connectivity index (χ4n) is 1.99. The smallest absolute Gasteiger partial charge is 0.330 e. The molecular weight excluding hydrogens is 256 g/mol. The molecule has 0 bridgehead atoms. The number of aliphatic hydroxyl groups is 2. The maximum absolute atomic E-state index is 11.7. The summed E-state index contributed by atoms with van der Waals surface area (Å²) in [6.45, 7) is -0.370. The van der Waals surface area contributed by atoms with Crippen LogP contribution in [0.2, 0.25) is 0 Å². The number of rotatable bonds is 4. The number of aliphatic hydroxyl groups excluding tert-OH is 2. The molecule has 8 nitrogen and oxygen atoms in total. The van der Waals surface area contributed by atoms with Gasteiger partial charge in [-0.3, -0.25) is 19.1 Å². The lowest BCUT2D eigenvalue weighted by atomic mass is 10.2. The quantitative estimate of drug-likeness (QED) is 0.572. The standard InChI is InChI=1S/C11H13N2O6/c14-2-1-6-4-13(11(18)12-10(6)17)9-3-7(16)8(5-15)19-9/h4,7-9,15-16H,1,3,5H2,(H,12,17,18)/t7-,8+,9+/m0/s1. The summed E-state index contributed by atoms with van der Waals surface area (Å²) in [6, 6.07) is 0. The Morgan fingerprint density at radius 3 is 2.84 bits per heavy atom. The van der Waals surface area contributed by atoms with Crippen LogP contribution in [-0.2, 0) is 16.0 Å². The minimum absolute atomic E-state index is 0.0835. The molecule has 1 aliphatic heterocycles. The third-order valence-corrected chi connectivity index (χ3v) is 3.00. The van der Waals surface area contributed by atoms with Gasteiger partial charge in [0.05, 0.1) is 12.7 Å². The average Bonchev–Trinajstić information content (AvgIpc) is 2.74. The summed E-state index contributed by atoms with van der Waals surface area (Å²) in [5, 5.41) is 18.6. The first-order valence-corrected chi connectivity index (χ1v) is 5.70. The highest BCUT2D eigenvalue weighted by atomic mass is 16.5. The molecule has 0 saturated carbocycles. The summed E-state index contributed by atoms with van der Waals surface area (Å²) in [7, 11) is 0. The summed E-state index contributed by atoms with van der Waals surface area (Å²) in [5.74, 6) is 0. The van der Waals surface area contributed by atoms with E-state index in [1.54, 1.807) is 6.29 Å². The van der Waals surface area contributed by atoms with Gasteiger partial charge in [0, 0.05) is 24.6 Å². The van der Waals surface area contributed by atoms with Gasteiger partial charge in [-0.25, -0.2) is 4.79 Å². The second-order valence-electron chi connectivity index (χ2n) is 4.26. The van der Waals surface area contributed by atoms with E-state index in [9.17, 15) is 19.5 Å². The minimum atomic E-state index is -0.894. The van der Waals surface area contributed by atoms with Crippen LogP contribution in [0.3, 0.4) is 0 Å². The van der Waals surface area contributed by atoms with Crippen molar-refractivity contribution in [3.63, 3.8) is 0 Å². The first-order valence-electron chi connectivity index (χ1n) is 5.70. The molecule has 1 saturated heterocycles. The Morgan fingerprint density at radius 2 is 2.26 bits per heavy atom. The van der Waals surface area contributed by atoms with Crippen molar-refractivity contribution in [3.8, 4) is 0 Å². The molecule has 0 aromatic carbocycles. The number of ether oxygens (including phenoxy) is 1. The third-order valence-electron chi connectivity index (χ3n) is 3.00. The highest BCUT2D eigenvalue weighted by molar-refractivity contribution is 5.54. The van der Waals surface area contributed by atoms with Gasteiger partial charge < -0.3 is 14.9 Å². The number of aromatic nitrogens is 2. The van der Waals surface area contributed by atoms with E-state index in [2.05, 4.69) is 4.98 Å². The second-order valence-corrected chi connectivity index (χ2v) is 4.26. The van der Waals surface area contributed by atoms with Crippen molar-refractivity contribution in [1.29, 1.82) is 0 Å². The maximum Gasteiger partial charge on any atom is 0.330 e. The van der Waals surface area contributed by atoms with Gasteiger partial charge in [0.15, 0.2) is 0 Å². The van der Waals surface area contributed by atoms with Crippen LogP contribution < -0.4 is 11.2 Å². The highest BCUT2D eigenvalue weighted by Gasteiger charge is 2.35. The number of nitrogens with one attached hydrogen (secondary N) is 1. The third kappa shape index (κ3) is 2.65. The molecule has 3 atom stereocenters. The number of aromatic amines is 1. The zero-order valence-electron chi connectivity index (χ0n) is 9.91. The first-order chi connectivity index (χ1) is 9.06. The largest absolute Gasteiger partial charge is 0.394 e. The maximum atomic E-state index is 11.7. The lowest BCUT2D eigenvalue weighted by Gasteiger charge is -2.14. The second kappa shape index (κ2) is 5.47. The van der Waals surface area contributed by atoms with Crippen molar-refractivity contribution in [2.75, 3.05) is 6.61 Å². The zero-order valence-corrected chi connectivity index (χ0v) is 9.91. The molecule has 19 heavy (non-hydrogen) atoms. The molecule has 0 amide bonds. The van der Waals surface area contributed by atoms with Crippen LogP contribution in [0, 0.1) is 0 Å². The van der Waals surface area contributed by atoms with Crippen molar-refractivity contribution < 1.29 is 19.7 Å². The first kappa shape index (κ1) is 13.7. The Balaban J connectivity index is 2.35. The summed E-state index contributed by atoms with van der Waals surface area (Å²) in [6.07, 6.45) is 0.201. The predicted molar refractivity (Wildman–Crippen MR) is 62.3 cm³/mol. The topological polar surface area (TPSA) is 122 Å². The van der Waals surface area contributed by atoms with Crippen LogP contribution in [0.25, 0.3) is 0 Å². The van der Waals surface area contributed by atoms with Crippen LogP contribution in [0.1, 0.15) is 18.2 Å². The number of carbonyl (C=O) groups excluding carboxylic acids is 1. The minimum Gasteiger partial charge on any atom is -0.394 e. The zero-order chi connectivity index (χ0) is 14.0. The molecular formula is C11H13N2O6. The van der Waals surface area contributed by atoms with E-state index >= 15 is 0 Å². The fourth-order valence-corrected chi connectivity index (χ4v) is 1.99.